The molecule has 0 saturated carbocycles. The van der Waals surface area contributed by atoms with Crippen molar-refractivity contribution in [1.29, 1.82) is 0 Å². The van der Waals surface area contributed by atoms with E-state index in [0.29, 0.717) is 26.3 Å². The van der Waals surface area contributed by atoms with Gasteiger partial charge in [-0.15, -0.1) is 11.3 Å². The molecule has 1 amide bonds. The highest BCUT2D eigenvalue weighted by Crippen LogP contribution is 2.32. The molecule has 8 heteroatoms. The minimum absolute atomic E-state index is 0.0488. The topological polar surface area (TPSA) is 88.7 Å². The molecule has 0 fully saturated rings. The fraction of sp³-hybridized carbons (Fsp3) is 0.143. The van der Waals surface area contributed by atoms with Gasteiger partial charge in [0.15, 0.2) is 3.95 Å². The van der Waals surface area contributed by atoms with Crippen molar-refractivity contribution < 1.29 is 19.5 Å². The molecule has 0 unspecified atom stereocenters. The van der Waals surface area contributed by atoms with Crippen molar-refractivity contribution in [3.05, 3.63) is 43.7 Å². The molecule has 6 nitrogen and oxygen atoms in total. The third-order valence-corrected chi connectivity index (χ3v) is 4.48. The summed E-state index contributed by atoms with van der Waals surface area (Å²) in [4.78, 5) is 32.8. The van der Waals surface area contributed by atoms with Gasteiger partial charge in [-0.25, -0.2) is 4.99 Å². The lowest BCUT2D eigenvalue weighted by molar-refractivity contribution is -0.191. The summed E-state index contributed by atoms with van der Waals surface area (Å²) in [5, 5.41) is 11.6. The Morgan fingerprint density at radius 3 is 2.59 bits per heavy atom. The Kier molecular flexibility index (Phi) is 4.77. The number of rotatable bonds is 2. The summed E-state index contributed by atoms with van der Waals surface area (Å²) in [5.74, 6) is -0.274. The smallest absolute Gasteiger partial charge is 0.373 e. The zero-order valence-electron chi connectivity index (χ0n) is 11.4. The Morgan fingerprint density at radius 2 is 2.00 bits per heavy atom. The molecule has 112 valence electrons. The van der Waals surface area contributed by atoms with Gasteiger partial charge in [-0.1, -0.05) is 18.2 Å². The number of aromatic nitrogens is 1. The number of hydrogen-bond donors (Lipinski definition) is 1. The molecule has 0 bridgehead atoms. The van der Waals surface area contributed by atoms with Crippen LogP contribution in [0.15, 0.2) is 29.3 Å². The highest BCUT2D eigenvalue weighted by Gasteiger charge is 2.24. The summed E-state index contributed by atoms with van der Waals surface area (Å²) in [6.45, 7) is 2.47. The van der Waals surface area contributed by atoms with Gasteiger partial charge in [-0.3, -0.25) is 9.36 Å². The fourth-order valence-electron chi connectivity index (χ4n) is 2.12. The number of amides is 1. The van der Waals surface area contributed by atoms with Gasteiger partial charge in [0.2, 0.25) is 5.88 Å². The van der Waals surface area contributed by atoms with Crippen LogP contribution in [0.5, 0.6) is 5.88 Å². The maximum atomic E-state index is 12.0. The number of carbonyl (C=O) groups excluding carboxylic acids is 3. The maximum absolute atomic E-state index is 12.0. The first kappa shape index (κ1) is 16.0. The molecule has 1 aromatic carbocycles. The molecule has 3 rings (SSSR count). The SMILES string of the molecule is CCn1c(O)c(C2=c3ccccc3=NC2=O)sc1=S.O=C=O. The lowest BCUT2D eigenvalue weighted by Crippen LogP contribution is -2.22. The highest BCUT2D eigenvalue weighted by atomic mass is 32.1. The number of benzene rings is 1. The number of hydrogen-bond acceptors (Lipinski definition) is 6. The van der Waals surface area contributed by atoms with Gasteiger partial charge < -0.3 is 5.11 Å². The Hall–Kier alpha value is -2.41. The van der Waals surface area contributed by atoms with Crippen molar-refractivity contribution in [3.8, 4) is 5.88 Å². The molecular weight excluding hydrogens is 324 g/mol. The molecule has 0 spiro atoms. The largest absolute Gasteiger partial charge is 0.493 e. The van der Waals surface area contributed by atoms with E-state index < -0.39 is 0 Å². The second-order valence-electron chi connectivity index (χ2n) is 4.16. The Morgan fingerprint density at radius 1 is 1.36 bits per heavy atom. The third kappa shape index (κ3) is 2.67. The van der Waals surface area contributed by atoms with Crippen LogP contribution in [0.4, 0.5) is 0 Å². The third-order valence-electron chi connectivity index (χ3n) is 3.02. The van der Waals surface area contributed by atoms with Crippen LogP contribution in [0.3, 0.4) is 0 Å². The monoisotopic (exact) mass is 334 g/mol. The normalized spacial score (nSPS) is 12.0. The van der Waals surface area contributed by atoms with Crippen molar-refractivity contribution in [2.45, 2.75) is 13.5 Å². The van der Waals surface area contributed by atoms with Crippen LogP contribution in [0.25, 0.3) is 5.57 Å². The van der Waals surface area contributed by atoms with Gasteiger partial charge in [-0.2, -0.15) is 9.59 Å². The first-order valence-corrected chi connectivity index (χ1v) is 7.42. The predicted molar refractivity (Wildman–Crippen MR) is 80.2 cm³/mol. The number of fused-ring (bicyclic) bond motifs is 1. The van der Waals surface area contributed by atoms with Gasteiger partial charge in [-0.05, 0) is 25.2 Å². The van der Waals surface area contributed by atoms with E-state index in [0.717, 1.165) is 5.22 Å². The number of aromatic hydroxyl groups is 1. The fourth-order valence-corrected chi connectivity index (χ4v) is 3.59. The molecule has 1 aliphatic rings. The molecule has 1 aromatic heterocycles. The van der Waals surface area contributed by atoms with Crippen molar-refractivity contribution in [2.24, 2.45) is 4.99 Å². The zero-order valence-corrected chi connectivity index (χ0v) is 13.0. The number of thiazole rings is 1. The molecule has 2 aromatic rings. The molecule has 0 aliphatic carbocycles. The average molecular weight is 334 g/mol. The Bertz CT molecular complexity index is 950. The van der Waals surface area contributed by atoms with Crippen LogP contribution in [0.1, 0.15) is 11.8 Å². The number of nitrogens with zero attached hydrogens (tertiary/aromatic N) is 2. The summed E-state index contributed by atoms with van der Waals surface area (Å²) < 4.78 is 2.16. The van der Waals surface area contributed by atoms with E-state index in [-0.39, 0.29) is 17.9 Å². The van der Waals surface area contributed by atoms with Crippen LogP contribution in [-0.2, 0) is 20.9 Å². The minimum Gasteiger partial charge on any atom is -0.493 e. The summed E-state index contributed by atoms with van der Waals surface area (Å²) in [6.07, 6.45) is 0.250. The summed E-state index contributed by atoms with van der Waals surface area (Å²) in [5.41, 5.74) is 0.441. The average Bonchev–Trinajstić information content (AvgIpc) is 2.95. The first-order valence-electron chi connectivity index (χ1n) is 6.19. The van der Waals surface area contributed by atoms with Crippen molar-refractivity contribution in [1.82, 2.24) is 4.57 Å². The standard InChI is InChI=1S/C13H10N2O2S2.CO2/c1-2-15-12(17)10(19-13(15)18)9-7-5-3-4-6-8(7)14-11(9)16;2-1-3/h3-6,17H,2H2,1H3;. The minimum atomic E-state index is -0.323. The van der Waals surface area contributed by atoms with E-state index >= 15 is 0 Å². The Balaban J connectivity index is 0.000000545. The molecule has 1 aliphatic heterocycles. The van der Waals surface area contributed by atoms with Gasteiger partial charge in [0.1, 0.15) is 4.88 Å². The van der Waals surface area contributed by atoms with E-state index in [1.165, 1.54) is 11.3 Å². The van der Waals surface area contributed by atoms with E-state index in [1.54, 1.807) is 10.6 Å². The summed E-state index contributed by atoms with van der Waals surface area (Å²) in [7, 11) is 0. The molecule has 0 atom stereocenters. The van der Waals surface area contributed by atoms with E-state index in [1.807, 2.05) is 25.1 Å². The van der Waals surface area contributed by atoms with Crippen LogP contribution in [0, 0.1) is 3.95 Å². The van der Waals surface area contributed by atoms with Crippen LogP contribution >= 0.6 is 23.6 Å². The van der Waals surface area contributed by atoms with E-state index in [9.17, 15) is 9.90 Å². The highest BCUT2D eigenvalue weighted by molar-refractivity contribution is 7.73. The van der Waals surface area contributed by atoms with E-state index in [2.05, 4.69) is 4.99 Å². The quantitative estimate of drug-likeness (QED) is 0.820. The van der Waals surface area contributed by atoms with Crippen molar-refractivity contribution >= 4 is 41.2 Å². The zero-order chi connectivity index (χ0) is 16.3. The maximum Gasteiger partial charge on any atom is 0.373 e. The molecule has 0 saturated heterocycles. The molecule has 0 radical (unpaired) electrons. The lowest BCUT2D eigenvalue weighted by Gasteiger charge is -2.00. The van der Waals surface area contributed by atoms with E-state index in [4.69, 9.17) is 21.8 Å². The van der Waals surface area contributed by atoms with Crippen molar-refractivity contribution in [2.75, 3.05) is 0 Å². The molecule has 22 heavy (non-hydrogen) atoms. The van der Waals surface area contributed by atoms with Gasteiger partial charge in [0.05, 0.1) is 10.9 Å². The summed E-state index contributed by atoms with van der Waals surface area (Å²) >= 11 is 6.44. The first-order chi connectivity index (χ1) is 10.5. The van der Waals surface area contributed by atoms with Crippen LogP contribution < -0.4 is 10.6 Å². The Labute approximate surface area is 133 Å². The van der Waals surface area contributed by atoms with Gasteiger partial charge in [0.25, 0.3) is 5.91 Å². The van der Waals surface area contributed by atoms with Crippen molar-refractivity contribution in [3.63, 3.8) is 0 Å². The predicted octanol–water partition coefficient (Wildman–Crippen LogP) is 0.780. The molecule has 1 N–H and O–H groups in total. The summed E-state index contributed by atoms with van der Waals surface area (Å²) in [6, 6.07) is 7.29. The second kappa shape index (κ2) is 6.57. The lowest BCUT2D eigenvalue weighted by atomic mass is 10.1. The molecule has 2 heterocycles. The number of carbonyl (C=O) groups is 1. The number of para-hydroxylation sites is 1. The second-order valence-corrected chi connectivity index (χ2v) is 5.80. The van der Waals surface area contributed by atoms with Crippen LogP contribution in [-0.4, -0.2) is 21.7 Å². The van der Waals surface area contributed by atoms with Gasteiger partial charge in [0, 0.05) is 11.8 Å². The van der Waals surface area contributed by atoms with Crippen LogP contribution in [0.2, 0.25) is 0 Å². The molecular formula is C14H10N2O4S2. The van der Waals surface area contributed by atoms with Gasteiger partial charge >= 0.3 is 6.15 Å².